The first-order valence-corrected chi connectivity index (χ1v) is 9.76. The van der Waals surface area contributed by atoms with E-state index in [1.807, 2.05) is 97.1 Å². The van der Waals surface area contributed by atoms with Crippen LogP contribution in [0.2, 0.25) is 0 Å². The van der Waals surface area contributed by atoms with E-state index in [9.17, 15) is 4.79 Å². The van der Waals surface area contributed by atoms with Crippen LogP contribution in [0.1, 0.15) is 0 Å². The fourth-order valence-electron chi connectivity index (χ4n) is 3.59. The molecule has 4 nitrogen and oxygen atoms in total. The fourth-order valence-corrected chi connectivity index (χ4v) is 3.59. The van der Waals surface area contributed by atoms with Crippen LogP contribution in [0.5, 0.6) is 5.75 Å². The molecule has 1 aromatic heterocycles. The Kier molecular flexibility index (Phi) is 4.66. The van der Waals surface area contributed by atoms with Crippen LogP contribution in [-0.2, 0) is 4.79 Å². The van der Waals surface area contributed by atoms with Crippen molar-refractivity contribution in [2.75, 3.05) is 11.9 Å². The number of carbonyl (C=O) groups is 1. The summed E-state index contributed by atoms with van der Waals surface area (Å²) in [6.07, 6.45) is 0. The molecule has 0 bridgehead atoms. The van der Waals surface area contributed by atoms with E-state index in [2.05, 4.69) is 5.32 Å². The number of fused-ring (bicyclic) bond motifs is 3. The Morgan fingerprint density at radius 1 is 0.767 bits per heavy atom. The molecule has 0 aliphatic heterocycles. The Balaban J connectivity index is 1.32. The first-order chi connectivity index (χ1) is 14.8. The Morgan fingerprint density at radius 3 is 2.40 bits per heavy atom. The monoisotopic (exact) mass is 393 g/mol. The maximum atomic E-state index is 12.5. The molecule has 0 aliphatic rings. The molecular weight excluding hydrogens is 374 g/mol. The third kappa shape index (κ3) is 3.51. The molecule has 4 heteroatoms. The van der Waals surface area contributed by atoms with Gasteiger partial charge in [-0.2, -0.15) is 0 Å². The van der Waals surface area contributed by atoms with E-state index in [1.165, 1.54) is 0 Å². The minimum Gasteiger partial charge on any atom is -0.483 e. The zero-order valence-corrected chi connectivity index (χ0v) is 16.2. The van der Waals surface area contributed by atoms with Gasteiger partial charge < -0.3 is 14.5 Å². The molecule has 30 heavy (non-hydrogen) atoms. The van der Waals surface area contributed by atoms with Gasteiger partial charge in [-0.05, 0) is 35.9 Å². The summed E-state index contributed by atoms with van der Waals surface area (Å²) in [6, 6.07) is 31.2. The topological polar surface area (TPSA) is 51.5 Å². The molecule has 0 spiro atoms. The molecule has 0 saturated carbocycles. The van der Waals surface area contributed by atoms with Gasteiger partial charge in [-0.25, -0.2) is 0 Å². The van der Waals surface area contributed by atoms with E-state index >= 15 is 0 Å². The molecule has 1 N–H and O–H groups in total. The number of para-hydroxylation sites is 2. The van der Waals surface area contributed by atoms with Gasteiger partial charge in [0.25, 0.3) is 5.91 Å². The fraction of sp³-hybridized carbons (Fsp3) is 0.0385. The highest BCUT2D eigenvalue weighted by molar-refractivity contribution is 6.07. The zero-order valence-electron chi connectivity index (χ0n) is 16.2. The summed E-state index contributed by atoms with van der Waals surface area (Å²) in [5.74, 6) is 0.458. The van der Waals surface area contributed by atoms with Crippen LogP contribution in [0.3, 0.4) is 0 Å². The summed E-state index contributed by atoms with van der Waals surface area (Å²) in [5, 5.41) is 4.91. The second kappa shape index (κ2) is 7.76. The second-order valence-corrected chi connectivity index (χ2v) is 7.01. The first kappa shape index (κ1) is 18.0. The van der Waals surface area contributed by atoms with Crippen LogP contribution in [0.4, 0.5) is 5.69 Å². The molecule has 5 aromatic rings. The van der Waals surface area contributed by atoms with Gasteiger partial charge in [-0.3, -0.25) is 4.79 Å². The van der Waals surface area contributed by atoms with Gasteiger partial charge in [0, 0.05) is 22.0 Å². The summed E-state index contributed by atoms with van der Waals surface area (Å²) in [7, 11) is 0. The van der Waals surface area contributed by atoms with Crippen LogP contribution in [0, 0.1) is 0 Å². The van der Waals surface area contributed by atoms with Gasteiger partial charge in [-0.1, -0.05) is 66.7 Å². The summed E-state index contributed by atoms with van der Waals surface area (Å²) in [5.41, 5.74) is 4.33. The predicted molar refractivity (Wildman–Crippen MR) is 120 cm³/mol. The van der Waals surface area contributed by atoms with Crippen LogP contribution in [-0.4, -0.2) is 12.5 Å². The lowest BCUT2D eigenvalue weighted by Gasteiger charge is -2.12. The molecule has 146 valence electrons. The first-order valence-electron chi connectivity index (χ1n) is 9.76. The Labute approximate surface area is 173 Å². The molecule has 4 aromatic carbocycles. The number of ether oxygens (including phenoxy) is 1. The maximum Gasteiger partial charge on any atom is 0.262 e. The number of amides is 1. The number of carbonyl (C=O) groups excluding carboxylic acids is 1. The molecule has 1 amide bonds. The number of hydrogen-bond donors (Lipinski definition) is 1. The number of rotatable bonds is 5. The molecule has 0 atom stereocenters. The normalized spacial score (nSPS) is 10.9. The molecule has 0 radical (unpaired) electrons. The lowest BCUT2D eigenvalue weighted by atomic mass is 10.1. The second-order valence-electron chi connectivity index (χ2n) is 7.01. The molecule has 0 fully saturated rings. The minimum atomic E-state index is -0.218. The van der Waals surface area contributed by atoms with E-state index in [0.717, 1.165) is 33.1 Å². The lowest BCUT2D eigenvalue weighted by molar-refractivity contribution is -0.118. The molecular formula is C26H19NO3. The highest BCUT2D eigenvalue weighted by Gasteiger charge is 2.11. The number of nitrogens with one attached hydrogen (secondary N) is 1. The highest BCUT2D eigenvalue weighted by Crippen LogP contribution is 2.31. The molecule has 0 saturated heterocycles. The zero-order chi connectivity index (χ0) is 20.3. The quantitative estimate of drug-likeness (QED) is 0.383. The van der Waals surface area contributed by atoms with Crippen molar-refractivity contribution in [3.63, 3.8) is 0 Å². The predicted octanol–water partition coefficient (Wildman–Crippen LogP) is 6.27. The summed E-state index contributed by atoms with van der Waals surface area (Å²) >= 11 is 0. The Bertz CT molecular complexity index is 1340. The van der Waals surface area contributed by atoms with Gasteiger partial charge >= 0.3 is 0 Å². The van der Waals surface area contributed by atoms with Crippen LogP contribution in [0.15, 0.2) is 101 Å². The Hall–Kier alpha value is -4.05. The van der Waals surface area contributed by atoms with Gasteiger partial charge in [0.05, 0.1) is 0 Å². The summed E-state index contributed by atoms with van der Waals surface area (Å²) < 4.78 is 11.7. The SMILES string of the molecule is O=C(COc1ccccc1-c1ccccc1)Nc1ccc2oc3ccccc3c2c1. The third-order valence-electron chi connectivity index (χ3n) is 4.99. The summed E-state index contributed by atoms with van der Waals surface area (Å²) in [4.78, 5) is 12.5. The van der Waals surface area contributed by atoms with Crippen molar-refractivity contribution in [3.8, 4) is 16.9 Å². The molecule has 1 heterocycles. The number of benzene rings is 4. The maximum absolute atomic E-state index is 12.5. The van der Waals surface area contributed by atoms with Crippen molar-refractivity contribution in [1.29, 1.82) is 0 Å². The van der Waals surface area contributed by atoms with Crippen molar-refractivity contribution in [3.05, 3.63) is 97.1 Å². The molecule has 0 aliphatic carbocycles. The van der Waals surface area contributed by atoms with E-state index < -0.39 is 0 Å². The molecule has 5 rings (SSSR count). The van der Waals surface area contributed by atoms with Crippen molar-refractivity contribution in [1.82, 2.24) is 0 Å². The lowest BCUT2D eigenvalue weighted by Crippen LogP contribution is -2.20. The highest BCUT2D eigenvalue weighted by atomic mass is 16.5. The number of hydrogen-bond acceptors (Lipinski definition) is 3. The third-order valence-corrected chi connectivity index (χ3v) is 4.99. The minimum absolute atomic E-state index is 0.0754. The van der Waals surface area contributed by atoms with Gasteiger partial charge in [0.2, 0.25) is 0 Å². The van der Waals surface area contributed by atoms with Crippen molar-refractivity contribution < 1.29 is 13.9 Å². The number of anilines is 1. The van der Waals surface area contributed by atoms with Gasteiger partial charge in [0.15, 0.2) is 6.61 Å². The van der Waals surface area contributed by atoms with Crippen LogP contribution < -0.4 is 10.1 Å². The van der Waals surface area contributed by atoms with E-state index in [1.54, 1.807) is 0 Å². The van der Waals surface area contributed by atoms with Crippen LogP contribution >= 0.6 is 0 Å². The van der Waals surface area contributed by atoms with E-state index in [4.69, 9.17) is 9.15 Å². The van der Waals surface area contributed by atoms with Crippen molar-refractivity contribution in [2.45, 2.75) is 0 Å². The van der Waals surface area contributed by atoms with Crippen molar-refractivity contribution >= 4 is 33.5 Å². The molecule has 0 unspecified atom stereocenters. The van der Waals surface area contributed by atoms with Gasteiger partial charge in [0.1, 0.15) is 16.9 Å². The van der Waals surface area contributed by atoms with Gasteiger partial charge in [-0.15, -0.1) is 0 Å². The average molecular weight is 393 g/mol. The summed E-state index contributed by atoms with van der Waals surface area (Å²) in [6.45, 7) is -0.0754. The van der Waals surface area contributed by atoms with Crippen LogP contribution in [0.25, 0.3) is 33.1 Å². The standard InChI is InChI=1S/C26H19NO3/c28-26(17-29-23-12-6-4-10-20(23)18-8-2-1-3-9-18)27-19-14-15-25-22(16-19)21-11-5-7-13-24(21)30-25/h1-16H,17H2,(H,27,28). The Morgan fingerprint density at radius 2 is 1.50 bits per heavy atom. The largest absolute Gasteiger partial charge is 0.483 e. The van der Waals surface area contributed by atoms with Crippen molar-refractivity contribution in [2.24, 2.45) is 0 Å². The smallest absolute Gasteiger partial charge is 0.262 e. The average Bonchev–Trinajstić information content (AvgIpc) is 3.16. The number of furan rings is 1. The van der Waals surface area contributed by atoms with E-state index in [-0.39, 0.29) is 12.5 Å². The van der Waals surface area contributed by atoms with E-state index in [0.29, 0.717) is 11.4 Å².